The molecule has 0 saturated heterocycles. The van der Waals surface area contributed by atoms with Gasteiger partial charge >= 0.3 is 0 Å². The normalized spacial score (nSPS) is 11.1. The standard InChI is InChI=1S/C21H20N4O/c1-2-18-11-15-5-3-7-19(16-6-4-9-22-12-16)20(15)21(26)25(18)10-8-17-13-23-14-24-17/h3-7,9,11-14H,2,8,10H2,1H3,(H,23,24). The van der Waals surface area contributed by atoms with Crippen LogP contribution in [0.15, 0.2) is 66.1 Å². The molecule has 0 unspecified atom stereocenters. The lowest BCUT2D eigenvalue weighted by atomic mass is 9.99. The Balaban J connectivity index is 1.88. The summed E-state index contributed by atoms with van der Waals surface area (Å²) in [4.78, 5) is 24.7. The van der Waals surface area contributed by atoms with Gasteiger partial charge in [0.05, 0.1) is 11.7 Å². The van der Waals surface area contributed by atoms with E-state index in [1.807, 2.05) is 34.9 Å². The third-order valence-electron chi connectivity index (χ3n) is 4.72. The maximum Gasteiger partial charge on any atom is 0.259 e. The lowest BCUT2D eigenvalue weighted by molar-refractivity contribution is 0.635. The second kappa shape index (κ2) is 6.96. The number of pyridine rings is 2. The highest BCUT2D eigenvalue weighted by Crippen LogP contribution is 2.26. The number of imidazole rings is 1. The van der Waals surface area contributed by atoms with Crippen LogP contribution in [0.5, 0.6) is 0 Å². The van der Waals surface area contributed by atoms with Gasteiger partial charge in [-0.15, -0.1) is 0 Å². The molecule has 0 aliphatic heterocycles. The molecular weight excluding hydrogens is 324 g/mol. The highest BCUT2D eigenvalue weighted by molar-refractivity contribution is 5.96. The molecule has 0 fully saturated rings. The SMILES string of the molecule is CCc1cc2cccc(-c3cccnc3)c2c(=O)n1CCc1cnc[nH]1. The molecule has 0 saturated carbocycles. The van der Waals surface area contributed by atoms with E-state index >= 15 is 0 Å². The second-order valence-corrected chi connectivity index (χ2v) is 6.28. The fourth-order valence-electron chi connectivity index (χ4n) is 3.41. The lowest BCUT2D eigenvalue weighted by Crippen LogP contribution is -2.25. The highest BCUT2D eigenvalue weighted by Gasteiger charge is 2.13. The molecule has 26 heavy (non-hydrogen) atoms. The number of hydrogen-bond acceptors (Lipinski definition) is 3. The van der Waals surface area contributed by atoms with Crippen LogP contribution >= 0.6 is 0 Å². The van der Waals surface area contributed by atoms with E-state index in [1.54, 1.807) is 24.9 Å². The number of hydrogen-bond donors (Lipinski definition) is 1. The quantitative estimate of drug-likeness (QED) is 0.602. The van der Waals surface area contributed by atoms with Gasteiger partial charge in [-0.2, -0.15) is 0 Å². The Morgan fingerprint density at radius 1 is 1.12 bits per heavy atom. The second-order valence-electron chi connectivity index (χ2n) is 6.28. The summed E-state index contributed by atoms with van der Waals surface area (Å²) in [6.45, 7) is 2.71. The van der Waals surface area contributed by atoms with Crippen LogP contribution < -0.4 is 5.56 Å². The largest absolute Gasteiger partial charge is 0.348 e. The first kappa shape index (κ1) is 16.3. The van der Waals surface area contributed by atoms with Crippen molar-refractivity contribution in [1.82, 2.24) is 19.5 Å². The van der Waals surface area contributed by atoms with Crippen molar-refractivity contribution in [2.24, 2.45) is 0 Å². The molecule has 0 atom stereocenters. The van der Waals surface area contributed by atoms with E-state index in [0.717, 1.165) is 46.1 Å². The zero-order chi connectivity index (χ0) is 17.9. The zero-order valence-electron chi connectivity index (χ0n) is 14.6. The van der Waals surface area contributed by atoms with Crippen LogP contribution in [0, 0.1) is 0 Å². The molecule has 1 aromatic carbocycles. The van der Waals surface area contributed by atoms with Crippen molar-refractivity contribution in [3.8, 4) is 11.1 Å². The fourth-order valence-corrected chi connectivity index (χ4v) is 3.41. The number of aromatic nitrogens is 4. The van der Waals surface area contributed by atoms with E-state index in [1.165, 1.54) is 0 Å². The Morgan fingerprint density at radius 2 is 2.04 bits per heavy atom. The van der Waals surface area contributed by atoms with Crippen LogP contribution in [0.25, 0.3) is 21.9 Å². The van der Waals surface area contributed by atoms with E-state index < -0.39 is 0 Å². The summed E-state index contributed by atoms with van der Waals surface area (Å²) in [6, 6.07) is 12.0. The van der Waals surface area contributed by atoms with Crippen LogP contribution in [0.2, 0.25) is 0 Å². The summed E-state index contributed by atoms with van der Waals surface area (Å²) in [7, 11) is 0. The van der Waals surface area contributed by atoms with E-state index in [-0.39, 0.29) is 5.56 Å². The summed E-state index contributed by atoms with van der Waals surface area (Å²) in [5.41, 5.74) is 4.02. The minimum atomic E-state index is 0.0540. The summed E-state index contributed by atoms with van der Waals surface area (Å²) in [5, 5.41) is 1.73. The molecule has 0 aliphatic carbocycles. The number of H-pyrrole nitrogens is 1. The van der Waals surface area contributed by atoms with Crippen molar-refractivity contribution in [1.29, 1.82) is 0 Å². The van der Waals surface area contributed by atoms with E-state index in [4.69, 9.17) is 0 Å². The molecule has 130 valence electrons. The highest BCUT2D eigenvalue weighted by atomic mass is 16.1. The van der Waals surface area contributed by atoms with E-state index in [9.17, 15) is 4.79 Å². The molecule has 0 bridgehead atoms. The van der Waals surface area contributed by atoms with Crippen LogP contribution in [0.4, 0.5) is 0 Å². The summed E-state index contributed by atoms with van der Waals surface area (Å²) in [5.74, 6) is 0. The smallest absolute Gasteiger partial charge is 0.259 e. The molecule has 5 nitrogen and oxygen atoms in total. The molecule has 1 N–H and O–H groups in total. The number of nitrogens with zero attached hydrogens (tertiary/aromatic N) is 3. The van der Waals surface area contributed by atoms with Crippen LogP contribution in [-0.4, -0.2) is 19.5 Å². The third kappa shape index (κ3) is 2.92. The summed E-state index contributed by atoms with van der Waals surface area (Å²) < 4.78 is 1.89. The Labute approximate surface area is 151 Å². The van der Waals surface area contributed by atoms with Gasteiger partial charge in [0.2, 0.25) is 0 Å². The van der Waals surface area contributed by atoms with Crippen molar-refractivity contribution in [3.63, 3.8) is 0 Å². The van der Waals surface area contributed by atoms with Gasteiger partial charge in [0.15, 0.2) is 0 Å². The van der Waals surface area contributed by atoms with Gasteiger partial charge < -0.3 is 9.55 Å². The maximum absolute atomic E-state index is 13.4. The minimum absolute atomic E-state index is 0.0540. The molecule has 0 amide bonds. The summed E-state index contributed by atoms with van der Waals surface area (Å²) in [6.07, 6.45) is 8.57. The van der Waals surface area contributed by atoms with Crippen molar-refractivity contribution >= 4 is 10.8 Å². The number of rotatable bonds is 5. The first-order valence-corrected chi connectivity index (χ1v) is 8.81. The van der Waals surface area contributed by atoms with Crippen molar-refractivity contribution in [2.75, 3.05) is 0 Å². The molecule has 4 rings (SSSR count). The van der Waals surface area contributed by atoms with Crippen molar-refractivity contribution in [3.05, 3.63) is 83.1 Å². The van der Waals surface area contributed by atoms with E-state index in [0.29, 0.717) is 6.54 Å². The Morgan fingerprint density at radius 3 is 2.77 bits per heavy atom. The number of fused-ring (bicyclic) bond motifs is 1. The van der Waals surface area contributed by atoms with Gasteiger partial charge in [-0.1, -0.05) is 31.2 Å². The first-order chi connectivity index (χ1) is 12.8. The zero-order valence-corrected chi connectivity index (χ0v) is 14.6. The average molecular weight is 344 g/mol. The number of benzene rings is 1. The van der Waals surface area contributed by atoms with Crippen molar-refractivity contribution < 1.29 is 0 Å². The van der Waals surface area contributed by atoms with E-state index in [2.05, 4.69) is 27.9 Å². The van der Waals surface area contributed by atoms with Gasteiger partial charge in [0, 0.05) is 48.5 Å². The van der Waals surface area contributed by atoms with Gasteiger partial charge in [-0.25, -0.2) is 4.98 Å². The molecule has 0 aliphatic rings. The lowest BCUT2D eigenvalue weighted by Gasteiger charge is -2.15. The Kier molecular flexibility index (Phi) is 4.35. The Bertz CT molecular complexity index is 1080. The molecule has 0 spiro atoms. The minimum Gasteiger partial charge on any atom is -0.348 e. The molecule has 3 aromatic heterocycles. The fraction of sp³-hybridized carbons (Fsp3) is 0.190. The van der Waals surface area contributed by atoms with Crippen molar-refractivity contribution in [2.45, 2.75) is 26.3 Å². The number of nitrogens with one attached hydrogen (secondary N) is 1. The molecule has 0 radical (unpaired) electrons. The molecular formula is C21H20N4O. The number of aryl methyl sites for hydroxylation is 2. The number of aromatic amines is 1. The van der Waals surface area contributed by atoms with Crippen LogP contribution in [-0.2, 0) is 19.4 Å². The third-order valence-corrected chi connectivity index (χ3v) is 4.72. The average Bonchev–Trinajstić information content (AvgIpc) is 3.21. The van der Waals surface area contributed by atoms with Crippen LogP contribution in [0.1, 0.15) is 18.3 Å². The monoisotopic (exact) mass is 344 g/mol. The van der Waals surface area contributed by atoms with Gasteiger partial charge in [-0.05, 0) is 29.5 Å². The van der Waals surface area contributed by atoms with Gasteiger partial charge in [-0.3, -0.25) is 9.78 Å². The molecule has 3 heterocycles. The topological polar surface area (TPSA) is 63.6 Å². The summed E-state index contributed by atoms with van der Waals surface area (Å²) >= 11 is 0. The predicted octanol–water partition coefficient (Wildman–Crippen LogP) is 3.59. The molecule has 5 heteroatoms. The molecule has 4 aromatic rings. The van der Waals surface area contributed by atoms with Gasteiger partial charge in [0.1, 0.15) is 0 Å². The maximum atomic E-state index is 13.4. The van der Waals surface area contributed by atoms with Gasteiger partial charge in [0.25, 0.3) is 5.56 Å². The first-order valence-electron chi connectivity index (χ1n) is 8.81. The van der Waals surface area contributed by atoms with Crippen LogP contribution in [0.3, 0.4) is 0 Å². The predicted molar refractivity (Wildman–Crippen MR) is 103 cm³/mol. The Hall–Kier alpha value is -3.21.